The Morgan fingerprint density at radius 1 is 1.37 bits per heavy atom. The van der Waals surface area contributed by atoms with Gasteiger partial charge in [-0.3, -0.25) is 0 Å². The molecule has 19 heavy (non-hydrogen) atoms. The number of hydrogen-bond donors (Lipinski definition) is 1. The fraction of sp³-hybridized carbons (Fsp3) is 0.375. The number of nitrogens with two attached hydrogens (primary N) is 1. The normalized spacial score (nSPS) is 20.1. The van der Waals surface area contributed by atoms with Gasteiger partial charge in [0.05, 0.1) is 0 Å². The van der Waals surface area contributed by atoms with Crippen molar-refractivity contribution in [3.05, 3.63) is 57.0 Å². The van der Waals surface area contributed by atoms with Crippen LogP contribution in [-0.4, -0.2) is 0 Å². The third-order valence-electron chi connectivity index (χ3n) is 4.04. The SMILES string of the molecule is Cc1ccc(F)c(C(N)C2CCCc3sccc32)c1. The first-order valence-corrected chi connectivity index (χ1v) is 7.62. The molecule has 0 spiro atoms. The maximum atomic E-state index is 14.0. The minimum atomic E-state index is -0.242. The van der Waals surface area contributed by atoms with Crippen molar-refractivity contribution in [2.24, 2.45) is 5.73 Å². The van der Waals surface area contributed by atoms with E-state index in [0.29, 0.717) is 5.56 Å². The van der Waals surface area contributed by atoms with E-state index in [9.17, 15) is 4.39 Å². The number of thiophene rings is 1. The minimum Gasteiger partial charge on any atom is -0.323 e. The molecule has 2 unspecified atom stereocenters. The lowest BCUT2D eigenvalue weighted by molar-refractivity contribution is 0.461. The summed E-state index contributed by atoms with van der Waals surface area (Å²) >= 11 is 1.80. The summed E-state index contributed by atoms with van der Waals surface area (Å²) in [6.07, 6.45) is 3.35. The van der Waals surface area contributed by atoms with Crippen LogP contribution in [0.3, 0.4) is 0 Å². The standard InChI is InChI=1S/C16H18FNS/c1-10-5-6-14(17)13(9-10)16(18)12-3-2-4-15-11(12)7-8-19-15/h5-9,12,16H,2-4,18H2,1H3. The van der Waals surface area contributed by atoms with Crippen LogP contribution in [0.15, 0.2) is 29.6 Å². The molecule has 100 valence electrons. The van der Waals surface area contributed by atoms with Gasteiger partial charge in [0.15, 0.2) is 0 Å². The average molecular weight is 275 g/mol. The molecule has 2 atom stereocenters. The van der Waals surface area contributed by atoms with Crippen LogP contribution in [0.5, 0.6) is 0 Å². The first-order chi connectivity index (χ1) is 9.16. The van der Waals surface area contributed by atoms with Crippen LogP contribution in [0.25, 0.3) is 0 Å². The largest absolute Gasteiger partial charge is 0.323 e. The molecule has 0 saturated heterocycles. The van der Waals surface area contributed by atoms with Gasteiger partial charge >= 0.3 is 0 Å². The second-order valence-corrected chi connectivity index (χ2v) is 6.35. The molecule has 1 aliphatic carbocycles. The molecule has 0 aliphatic heterocycles. The van der Waals surface area contributed by atoms with Gasteiger partial charge < -0.3 is 5.73 Å². The van der Waals surface area contributed by atoms with E-state index in [0.717, 1.165) is 24.8 Å². The zero-order valence-electron chi connectivity index (χ0n) is 11.0. The summed E-state index contributed by atoms with van der Waals surface area (Å²) < 4.78 is 14.0. The first-order valence-electron chi connectivity index (χ1n) is 6.74. The predicted octanol–water partition coefficient (Wildman–Crippen LogP) is 4.32. The second kappa shape index (κ2) is 5.06. The van der Waals surface area contributed by atoms with Gasteiger partial charge in [-0.15, -0.1) is 11.3 Å². The van der Waals surface area contributed by atoms with Crippen molar-refractivity contribution in [1.29, 1.82) is 0 Å². The van der Waals surface area contributed by atoms with Gasteiger partial charge in [0, 0.05) is 22.4 Å². The highest BCUT2D eigenvalue weighted by Gasteiger charge is 2.28. The average Bonchev–Trinajstić information content (AvgIpc) is 2.89. The van der Waals surface area contributed by atoms with Gasteiger partial charge in [-0.1, -0.05) is 17.7 Å². The van der Waals surface area contributed by atoms with Crippen molar-refractivity contribution >= 4 is 11.3 Å². The maximum absolute atomic E-state index is 14.0. The number of benzene rings is 1. The highest BCUT2D eigenvalue weighted by atomic mass is 32.1. The molecule has 0 saturated carbocycles. The number of halogens is 1. The van der Waals surface area contributed by atoms with Crippen molar-refractivity contribution in [1.82, 2.24) is 0 Å². The molecule has 0 fully saturated rings. The summed E-state index contributed by atoms with van der Waals surface area (Å²) in [6.45, 7) is 1.98. The van der Waals surface area contributed by atoms with Gasteiger partial charge in [0.25, 0.3) is 0 Å². The van der Waals surface area contributed by atoms with E-state index in [2.05, 4.69) is 11.4 Å². The highest BCUT2D eigenvalue weighted by molar-refractivity contribution is 7.10. The van der Waals surface area contributed by atoms with Crippen molar-refractivity contribution in [3.8, 4) is 0 Å². The van der Waals surface area contributed by atoms with Crippen LogP contribution < -0.4 is 5.73 Å². The molecule has 1 aliphatic rings. The minimum absolute atomic E-state index is 0.180. The summed E-state index contributed by atoms with van der Waals surface area (Å²) in [5, 5.41) is 2.13. The molecule has 1 aromatic heterocycles. The molecule has 2 aromatic rings. The van der Waals surface area contributed by atoms with E-state index in [-0.39, 0.29) is 17.8 Å². The van der Waals surface area contributed by atoms with Gasteiger partial charge in [0.2, 0.25) is 0 Å². The molecular weight excluding hydrogens is 257 g/mol. The van der Waals surface area contributed by atoms with Crippen molar-refractivity contribution in [2.45, 2.75) is 38.1 Å². The molecule has 0 radical (unpaired) electrons. The Labute approximate surface area is 117 Å². The van der Waals surface area contributed by atoms with Crippen LogP contribution in [0.1, 0.15) is 46.4 Å². The molecule has 1 nitrogen and oxygen atoms in total. The Morgan fingerprint density at radius 2 is 2.21 bits per heavy atom. The molecular formula is C16H18FNS. The van der Waals surface area contributed by atoms with Crippen molar-refractivity contribution in [3.63, 3.8) is 0 Å². The fourth-order valence-electron chi connectivity index (χ4n) is 3.03. The second-order valence-electron chi connectivity index (χ2n) is 5.35. The zero-order valence-corrected chi connectivity index (χ0v) is 11.8. The van der Waals surface area contributed by atoms with Crippen LogP contribution in [0.4, 0.5) is 4.39 Å². The lowest BCUT2D eigenvalue weighted by atomic mass is 9.80. The van der Waals surface area contributed by atoms with Gasteiger partial charge in [-0.05, 0) is 49.3 Å². The monoisotopic (exact) mass is 275 g/mol. The molecule has 1 aromatic carbocycles. The van der Waals surface area contributed by atoms with Crippen molar-refractivity contribution in [2.75, 3.05) is 0 Å². The quantitative estimate of drug-likeness (QED) is 0.868. The van der Waals surface area contributed by atoms with E-state index in [4.69, 9.17) is 5.73 Å². The molecule has 0 amide bonds. The molecule has 3 rings (SSSR count). The van der Waals surface area contributed by atoms with Crippen LogP contribution >= 0.6 is 11.3 Å². The van der Waals surface area contributed by atoms with Crippen LogP contribution in [0.2, 0.25) is 0 Å². The summed E-state index contributed by atoms with van der Waals surface area (Å²) in [7, 11) is 0. The Balaban J connectivity index is 1.97. The van der Waals surface area contributed by atoms with Crippen LogP contribution in [0, 0.1) is 12.7 Å². The lowest BCUT2D eigenvalue weighted by Crippen LogP contribution is -2.23. The summed E-state index contributed by atoms with van der Waals surface area (Å²) in [4.78, 5) is 1.43. The number of aryl methyl sites for hydroxylation is 2. The maximum Gasteiger partial charge on any atom is 0.128 e. The highest BCUT2D eigenvalue weighted by Crippen LogP contribution is 2.41. The van der Waals surface area contributed by atoms with Gasteiger partial charge in [-0.25, -0.2) is 4.39 Å². The Bertz CT molecular complexity index is 590. The first kappa shape index (κ1) is 12.8. The summed E-state index contributed by atoms with van der Waals surface area (Å²) in [5.41, 5.74) is 9.44. The van der Waals surface area contributed by atoms with Gasteiger partial charge in [-0.2, -0.15) is 0 Å². The Kier molecular flexibility index (Phi) is 3.42. The van der Waals surface area contributed by atoms with Crippen molar-refractivity contribution < 1.29 is 4.39 Å². The Morgan fingerprint density at radius 3 is 3.05 bits per heavy atom. The molecule has 2 N–H and O–H groups in total. The molecule has 3 heteroatoms. The summed E-state index contributed by atoms with van der Waals surface area (Å²) in [6, 6.07) is 7.14. The van der Waals surface area contributed by atoms with E-state index >= 15 is 0 Å². The van der Waals surface area contributed by atoms with Crippen LogP contribution in [-0.2, 0) is 6.42 Å². The van der Waals surface area contributed by atoms with E-state index in [1.807, 2.05) is 13.0 Å². The number of hydrogen-bond acceptors (Lipinski definition) is 2. The smallest absolute Gasteiger partial charge is 0.128 e. The zero-order chi connectivity index (χ0) is 13.4. The third kappa shape index (κ3) is 2.33. The molecule has 1 heterocycles. The number of fused-ring (bicyclic) bond motifs is 1. The fourth-order valence-corrected chi connectivity index (χ4v) is 4.03. The predicted molar refractivity (Wildman–Crippen MR) is 78.1 cm³/mol. The van der Waals surface area contributed by atoms with Gasteiger partial charge in [0.1, 0.15) is 5.82 Å². The lowest BCUT2D eigenvalue weighted by Gasteiger charge is -2.28. The third-order valence-corrected chi connectivity index (χ3v) is 5.04. The number of rotatable bonds is 2. The molecule has 0 bridgehead atoms. The topological polar surface area (TPSA) is 26.0 Å². The van der Waals surface area contributed by atoms with E-state index in [1.165, 1.54) is 16.5 Å². The summed E-state index contributed by atoms with van der Waals surface area (Å²) in [5.74, 6) is 0.0757. The van der Waals surface area contributed by atoms with E-state index in [1.54, 1.807) is 17.4 Å². The van der Waals surface area contributed by atoms with E-state index < -0.39 is 0 Å². The Hall–Kier alpha value is -1.19.